The van der Waals surface area contributed by atoms with E-state index in [4.69, 9.17) is 0 Å². The summed E-state index contributed by atoms with van der Waals surface area (Å²) in [6.45, 7) is 4.47. The summed E-state index contributed by atoms with van der Waals surface area (Å²) in [4.78, 5) is -0.284. The van der Waals surface area contributed by atoms with Gasteiger partial charge in [0, 0.05) is 57.4 Å². The quantitative estimate of drug-likeness (QED) is 0.236. The third-order valence-corrected chi connectivity index (χ3v) is 5.79. The van der Waals surface area contributed by atoms with E-state index >= 15 is 0 Å². The van der Waals surface area contributed by atoms with E-state index in [0.29, 0.717) is 28.7 Å². The minimum absolute atomic E-state index is 0. The number of azo groups is 2. The maximum atomic E-state index is 12.5. The monoisotopic (exact) mass is 529 g/mol. The normalized spacial score (nSPS) is 11.9. The zero-order chi connectivity index (χ0) is 22.6. The number of phenolic OH excluding ortho intramolecular Hbond substituents is 1. The Morgan fingerprint density at radius 2 is 1.91 bits per heavy atom. The number of benzene rings is 3. The molecule has 0 amide bonds. The summed E-state index contributed by atoms with van der Waals surface area (Å²) in [5.41, 5.74) is 2.33. The number of nitrogens with one attached hydrogen (secondary N) is 1. The van der Waals surface area contributed by atoms with Crippen LogP contribution in [0.25, 0.3) is 10.8 Å². The van der Waals surface area contributed by atoms with Gasteiger partial charge in [-0.2, -0.15) is 19.6 Å². The molecular formula is C21H22N5O4SY-. The van der Waals surface area contributed by atoms with Crippen molar-refractivity contribution in [3.05, 3.63) is 48.0 Å². The Morgan fingerprint density at radius 3 is 2.53 bits per heavy atom. The Kier molecular flexibility index (Phi) is 8.97. The van der Waals surface area contributed by atoms with Gasteiger partial charge < -0.3 is 10.4 Å². The summed E-state index contributed by atoms with van der Waals surface area (Å²) in [5.74, 6) is -0.315. The van der Waals surface area contributed by atoms with Crippen molar-refractivity contribution in [1.82, 2.24) is 0 Å². The van der Waals surface area contributed by atoms with Gasteiger partial charge in [0.05, 0.1) is 7.11 Å². The predicted molar refractivity (Wildman–Crippen MR) is 119 cm³/mol. The largest absolute Gasteiger partial charge is 0.505 e. The third kappa shape index (κ3) is 5.56. The van der Waals surface area contributed by atoms with Crippen molar-refractivity contribution < 1.29 is 50.4 Å². The summed E-state index contributed by atoms with van der Waals surface area (Å²) in [6, 6.07) is 12.8. The molecule has 0 aliphatic heterocycles. The van der Waals surface area contributed by atoms with Gasteiger partial charge in [0.15, 0.2) is 5.75 Å². The molecule has 11 heteroatoms. The van der Waals surface area contributed by atoms with Crippen LogP contribution in [0.5, 0.6) is 5.75 Å². The van der Waals surface area contributed by atoms with E-state index in [1.807, 2.05) is 13.8 Å². The summed E-state index contributed by atoms with van der Waals surface area (Å²) in [7, 11) is -1.55. The standard InChI is InChI=1S/C21H22N5O4S.Y/c1-5-23-15-7-6-14-11-19(31(28,29)30-4)20(21(27)17(14)12-15)26-24-16-8-9-18(25-22-3)13(2)10-16;/h6-7,9-12,23,27H,5H2,1-4H3;/q-1;. The molecule has 32 heavy (non-hydrogen) atoms. The van der Waals surface area contributed by atoms with Gasteiger partial charge >= 0.3 is 0 Å². The Labute approximate surface area is 212 Å². The van der Waals surface area contributed by atoms with Crippen LogP contribution in [0.2, 0.25) is 0 Å². The molecule has 0 saturated heterocycles. The van der Waals surface area contributed by atoms with Crippen LogP contribution in [0.1, 0.15) is 12.5 Å². The molecule has 9 nitrogen and oxygen atoms in total. The number of rotatable bonds is 7. The molecule has 3 rings (SSSR count). The van der Waals surface area contributed by atoms with Crippen LogP contribution in [0.3, 0.4) is 0 Å². The van der Waals surface area contributed by atoms with Crippen molar-refractivity contribution in [2.45, 2.75) is 18.7 Å². The second-order valence-electron chi connectivity index (χ2n) is 6.55. The Bertz CT molecular complexity index is 1290. The Hall–Kier alpha value is -2.27. The van der Waals surface area contributed by atoms with E-state index in [-0.39, 0.29) is 49.0 Å². The number of anilines is 1. The van der Waals surface area contributed by atoms with Gasteiger partial charge in [-0.05, 0) is 41.9 Å². The van der Waals surface area contributed by atoms with Gasteiger partial charge in [-0.1, -0.05) is 13.0 Å². The van der Waals surface area contributed by atoms with Crippen LogP contribution in [0, 0.1) is 13.0 Å². The number of hydrogen-bond acceptors (Lipinski definition) is 9. The van der Waals surface area contributed by atoms with Crippen LogP contribution in [-0.2, 0) is 47.0 Å². The molecule has 0 aliphatic carbocycles. The first-order chi connectivity index (χ1) is 14.8. The van der Waals surface area contributed by atoms with E-state index < -0.39 is 10.1 Å². The number of fused-ring (bicyclic) bond motifs is 1. The molecule has 0 fully saturated rings. The van der Waals surface area contributed by atoms with Crippen molar-refractivity contribution in [2.24, 2.45) is 20.5 Å². The van der Waals surface area contributed by atoms with Crippen LogP contribution in [0.15, 0.2) is 61.8 Å². The number of hydrogen-bond donors (Lipinski definition) is 2. The summed E-state index contributed by atoms with van der Waals surface area (Å²) in [5, 5.41) is 30.8. The first kappa shape index (κ1) is 26.0. The van der Waals surface area contributed by atoms with E-state index in [2.05, 4.69) is 36.0 Å². The van der Waals surface area contributed by atoms with Crippen LogP contribution in [0.4, 0.5) is 22.7 Å². The second kappa shape index (κ2) is 11.0. The first-order valence-electron chi connectivity index (χ1n) is 9.38. The van der Waals surface area contributed by atoms with Crippen molar-refractivity contribution in [2.75, 3.05) is 26.0 Å². The van der Waals surface area contributed by atoms with E-state index in [1.54, 1.807) is 37.4 Å². The first-order valence-corrected chi connectivity index (χ1v) is 10.8. The molecule has 0 heterocycles. The smallest absolute Gasteiger partial charge is 0.299 e. The minimum Gasteiger partial charge on any atom is -0.505 e. The summed E-state index contributed by atoms with van der Waals surface area (Å²) < 4.78 is 29.6. The second-order valence-corrected chi connectivity index (χ2v) is 8.23. The average molecular weight is 529 g/mol. The number of aromatic hydroxyl groups is 1. The molecule has 0 aromatic heterocycles. The maximum absolute atomic E-state index is 12.5. The van der Waals surface area contributed by atoms with Crippen molar-refractivity contribution >= 4 is 43.6 Å². The van der Waals surface area contributed by atoms with Gasteiger partial charge in [0.25, 0.3) is 10.1 Å². The molecule has 0 unspecified atom stereocenters. The van der Waals surface area contributed by atoms with E-state index in [1.165, 1.54) is 6.07 Å². The van der Waals surface area contributed by atoms with Crippen molar-refractivity contribution in [3.8, 4) is 5.75 Å². The van der Waals surface area contributed by atoms with Gasteiger partial charge in [0.2, 0.25) is 0 Å². The number of phenols is 1. The minimum atomic E-state index is -4.16. The van der Waals surface area contributed by atoms with Crippen molar-refractivity contribution in [1.29, 1.82) is 0 Å². The van der Waals surface area contributed by atoms with Crippen LogP contribution < -0.4 is 5.32 Å². The fourth-order valence-corrected chi connectivity index (χ4v) is 3.81. The molecule has 3 aromatic carbocycles. The summed E-state index contributed by atoms with van der Waals surface area (Å²) >= 11 is 0. The Balaban J connectivity index is 0.00000363. The van der Waals surface area contributed by atoms with Gasteiger partial charge in [-0.25, -0.2) is 10.2 Å². The van der Waals surface area contributed by atoms with E-state index in [9.17, 15) is 13.5 Å². The molecule has 3 aromatic rings. The van der Waals surface area contributed by atoms with Gasteiger partial charge in [-0.15, -0.1) is 22.8 Å². The van der Waals surface area contributed by atoms with Crippen LogP contribution >= 0.6 is 0 Å². The van der Waals surface area contributed by atoms with Crippen molar-refractivity contribution in [3.63, 3.8) is 0 Å². The van der Waals surface area contributed by atoms with E-state index in [0.717, 1.165) is 18.4 Å². The topological polar surface area (TPSA) is 125 Å². The molecule has 0 saturated carbocycles. The fourth-order valence-electron chi connectivity index (χ4n) is 2.99. The average Bonchev–Trinajstić information content (AvgIpc) is 2.75. The fraction of sp³-hybridized carbons (Fsp3) is 0.238. The molecule has 0 atom stereocenters. The molecule has 0 spiro atoms. The SMILES string of the molecule is CCNc1ccc2cc(S(=O)(=O)OC)c(N=Nc3[c-]cc(N=NC)c(C)c3)c(O)c2c1.[Y]. The Morgan fingerprint density at radius 1 is 1.16 bits per heavy atom. The molecule has 165 valence electrons. The van der Waals surface area contributed by atoms with Crippen LogP contribution in [-0.4, -0.2) is 34.2 Å². The summed E-state index contributed by atoms with van der Waals surface area (Å²) in [6.07, 6.45) is 0. The number of nitrogens with zero attached hydrogens (tertiary/aromatic N) is 4. The molecule has 2 N–H and O–H groups in total. The predicted octanol–water partition coefficient (Wildman–Crippen LogP) is 5.55. The zero-order valence-electron chi connectivity index (χ0n) is 18.1. The molecule has 0 bridgehead atoms. The molecular weight excluding hydrogens is 507 g/mol. The van der Waals surface area contributed by atoms with Gasteiger partial charge in [0.1, 0.15) is 10.6 Å². The zero-order valence-corrected chi connectivity index (χ0v) is 21.8. The number of aryl methyl sites for hydroxylation is 1. The molecule has 0 aliphatic rings. The molecule has 1 radical (unpaired) electrons. The third-order valence-electron chi connectivity index (χ3n) is 4.50. The van der Waals surface area contributed by atoms with Gasteiger partial charge in [-0.3, -0.25) is 4.18 Å². The maximum Gasteiger partial charge on any atom is 0.299 e.